The number of oxime groups is 1. The quantitative estimate of drug-likeness (QED) is 0.344. The van der Waals surface area contributed by atoms with E-state index in [4.69, 9.17) is 26.4 Å². The molecule has 18 heavy (non-hydrogen) atoms. The Labute approximate surface area is 112 Å². The van der Waals surface area contributed by atoms with Crippen LogP contribution in [-0.4, -0.2) is 25.3 Å². The monoisotopic (exact) mass is 266 g/mol. The Balaban J connectivity index is 2.91. The van der Waals surface area contributed by atoms with Gasteiger partial charge in [-0.15, -0.1) is 11.6 Å². The van der Waals surface area contributed by atoms with Gasteiger partial charge < -0.3 is 9.57 Å². The molecule has 96 valence electrons. The van der Waals surface area contributed by atoms with Gasteiger partial charge in [-0.2, -0.15) is 5.26 Å². The summed E-state index contributed by atoms with van der Waals surface area (Å²) in [5.41, 5.74) is 1.90. The number of hydrogen-bond donors (Lipinski definition) is 0. The molecule has 1 rings (SSSR count). The maximum atomic E-state index is 9.11. The maximum Gasteiger partial charge on any atom is 0.120 e. The average molecular weight is 267 g/mol. The maximum absolute atomic E-state index is 9.11. The lowest BCUT2D eigenvalue weighted by atomic mass is 10.0. The van der Waals surface area contributed by atoms with Gasteiger partial charge in [-0.3, -0.25) is 0 Å². The molecule has 0 saturated heterocycles. The van der Waals surface area contributed by atoms with Gasteiger partial charge in [0.05, 0.1) is 24.0 Å². The third-order valence-corrected chi connectivity index (χ3v) is 2.54. The van der Waals surface area contributed by atoms with Gasteiger partial charge in [-0.1, -0.05) is 5.16 Å². The Hall–Kier alpha value is -1.73. The van der Waals surface area contributed by atoms with Crippen LogP contribution in [-0.2, 0) is 4.84 Å². The number of rotatable bonds is 6. The van der Waals surface area contributed by atoms with E-state index in [-0.39, 0.29) is 0 Å². The number of hydrogen-bond acceptors (Lipinski definition) is 4. The van der Waals surface area contributed by atoms with Gasteiger partial charge in [-0.25, -0.2) is 0 Å². The van der Waals surface area contributed by atoms with Crippen molar-refractivity contribution in [3.8, 4) is 11.8 Å². The van der Waals surface area contributed by atoms with Crippen LogP contribution in [0.2, 0.25) is 0 Å². The van der Waals surface area contributed by atoms with Crippen molar-refractivity contribution >= 4 is 17.3 Å². The second-order valence-electron chi connectivity index (χ2n) is 3.57. The molecule has 0 aliphatic rings. The first-order chi connectivity index (χ1) is 8.72. The highest BCUT2D eigenvalue weighted by atomic mass is 35.5. The normalized spacial score (nSPS) is 10.9. The molecule has 0 fully saturated rings. The summed E-state index contributed by atoms with van der Waals surface area (Å²) in [5, 5.41) is 12.9. The van der Waals surface area contributed by atoms with E-state index in [0.29, 0.717) is 29.5 Å². The molecule has 0 saturated carbocycles. The highest BCUT2D eigenvalue weighted by Gasteiger charge is 2.07. The first kappa shape index (κ1) is 14.3. The SMILES string of the molecule is CO/N=C(\C)c1ccc(OCCCCl)cc1C#N. The number of benzene rings is 1. The van der Waals surface area contributed by atoms with Crippen molar-refractivity contribution < 1.29 is 9.57 Å². The lowest BCUT2D eigenvalue weighted by Gasteiger charge is -2.08. The summed E-state index contributed by atoms with van der Waals surface area (Å²) < 4.78 is 5.48. The molecule has 0 aliphatic carbocycles. The highest BCUT2D eigenvalue weighted by Crippen LogP contribution is 2.18. The summed E-state index contributed by atoms with van der Waals surface area (Å²) in [6.07, 6.45) is 0.773. The Morgan fingerprint density at radius 3 is 2.89 bits per heavy atom. The van der Waals surface area contributed by atoms with E-state index in [2.05, 4.69) is 11.2 Å². The van der Waals surface area contributed by atoms with Crippen LogP contribution in [0.3, 0.4) is 0 Å². The van der Waals surface area contributed by atoms with Crippen molar-refractivity contribution in [2.24, 2.45) is 5.16 Å². The second kappa shape index (κ2) is 7.57. The van der Waals surface area contributed by atoms with E-state index in [1.165, 1.54) is 7.11 Å². The molecule has 1 aromatic rings. The smallest absolute Gasteiger partial charge is 0.120 e. The van der Waals surface area contributed by atoms with Gasteiger partial charge in [0.1, 0.15) is 12.9 Å². The minimum atomic E-state index is 0.511. The molecule has 0 heterocycles. The van der Waals surface area contributed by atoms with Crippen molar-refractivity contribution in [3.05, 3.63) is 29.3 Å². The lowest BCUT2D eigenvalue weighted by molar-refractivity contribution is 0.213. The van der Waals surface area contributed by atoms with Gasteiger partial charge in [-0.05, 0) is 31.5 Å². The summed E-state index contributed by atoms with van der Waals surface area (Å²) in [7, 11) is 1.47. The predicted molar refractivity (Wildman–Crippen MR) is 71.2 cm³/mol. The molecule has 1 aromatic carbocycles. The third-order valence-electron chi connectivity index (χ3n) is 2.28. The summed E-state index contributed by atoms with van der Waals surface area (Å²) in [6, 6.07) is 7.42. The first-order valence-corrected chi connectivity index (χ1v) is 6.07. The van der Waals surface area contributed by atoms with Crippen molar-refractivity contribution in [2.75, 3.05) is 19.6 Å². The molecule has 5 heteroatoms. The Morgan fingerprint density at radius 1 is 1.50 bits per heavy atom. The number of halogens is 1. The number of nitrogens with zero attached hydrogens (tertiary/aromatic N) is 2. The fraction of sp³-hybridized carbons (Fsp3) is 0.385. The van der Waals surface area contributed by atoms with Crippen molar-refractivity contribution in [1.82, 2.24) is 0 Å². The molecule has 0 amide bonds. The van der Waals surface area contributed by atoms with Crippen LogP contribution in [0, 0.1) is 11.3 Å². The van der Waals surface area contributed by atoms with Crippen LogP contribution in [0.25, 0.3) is 0 Å². The number of ether oxygens (including phenoxy) is 1. The minimum Gasteiger partial charge on any atom is -0.494 e. The molecule has 4 nitrogen and oxygen atoms in total. The van der Waals surface area contributed by atoms with Crippen LogP contribution < -0.4 is 4.74 Å². The summed E-state index contributed by atoms with van der Waals surface area (Å²) in [4.78, 5) is 4.70. The molecule has 0 radical (unpaired) electrons. The van der Waals surface area contributed by atoms with Gasteiger partial charge in [0, 0.05) is 11.4 Å². The number of nitriles is 1. The zero-order valence-electron chi connectivity index (χ0n) is 10.4. The molecular formula is C13H15ClN2O2. The molecule has 0 aromatic heterocycles. The predicted octanol–water partition coefficient (Wildman–Crippen LogP) is 2.94. The first-order valence-electron chi connectivity index (χ1n) is 5.54. The van der Waals surface area contributed by atoms with Crippen LogP contribution in [0.5, 0.6) is 5.75 Å². The molecule has 0 aliphatic heterocycles. The fourth-order valence-corrected chi connectivity index (χ4v) is 1.56. The average Bonchev–Trinajstić information content (AvgIpc) is 2.39. The Morgan fingerprint density at radius 2 is 2.28 bits per heavy atom. The minimum absolute atomic E-state index is 0.511. The molecule has 0 atom stereocenters. The lowest BCUT2D eigenvalue weighted by Crippen LogP contribution is -2.02. The summed E-state index contributed by atoms with van der Waals surface area (Å²) >= 11 is 5.57. The fourth-order valence-electron chi connectivity index (χ4n) is 1.45. The molecule has 0 bridgehead atoms. The zero-order chi connectivity index (χ0) is 13.4. The van der Waals surface area contributed by atoms with Crippen molar-refractivity contribution in [2.45, 2.75) is 13.3 Å². The van der Waals surface area contributed by atoms with E-state index >= 15 is 0 Å². The van der Waals surface area contributed by atoms with Gasteiger partial charge in [0.25, 0.3) is 0 Å². The van der Waals surface area contributed by atoms with Gasteiger partial charge in [0.15, 0.2) is 0 Å². The van der Waals surface area contributed by atoms with E-state index in [1.54, 1.807) is 25.1 Å². The largest absolute Gasteiger partial charge is 0.494 e. The van der Waals surface area contributed by atoms with Crippen molar-refractivity contribution in [3.63, 3.8) is 0 Å². The summed E-state index contributed by atoms with van der Waals surface area (Å²) in [5.74, 6) is 1.22. The third kappa shape index (κ3) is 3.94. The van der Waals surface area contributed by atoms with E-state index in [0.717, 1.165) is 12.0 Å². The van der Waals surface area contributed by atoms with Crippen LogP contribution in [0.4, 0.5) is 0 Å². The standard InChI is InChI=1S/C13H15ClN2O2/c1-10(16-17-2)13-5-4-12(8-11(13)9-15)18-7-3-6-14/h4-5,8H,3,6-7H2,1-2H3/b16-10+. The van der Waals surface area contributed by atoms with E-state index in [9.17, 15) is 0 Å². The van der Waals surface area contributed by atoms with Gasteiger partial charge in [0.2, 0.25) is 0 Å². The van der Waals surface area contributed by atoms with Crippen molar-refractivity contribution in [1.29, 1.82) is 5.26 Å². The Kier molecular flexibility index (Phi) is 6.03. The molecular weight excluding hydrogens is 252 g/mol. The molecule has 0 unspecified atom stereocenters. The van der Waals surface area contributed by atoms with Crippen LogP contribution in [0.15, 0.2) is 23.4 Å². The highest BCUT2D eigenvalue weighted by molar-refractivity contribution is 6.17. The zero-order valence-corrected chi connectivity index (χ0v) is 11.2. The molecule has 0 spiro atoms. The topological polar surface area (TPSA) is 54.6 Å². The molecule has 0 N–H and O–H groups in total. The second-order valence-corrected chi connectivity index (χ2v) is 3.95. The van der Waals surface area contributed by atoms with Crippen LogP contribution >= 0.6 is 11.6 Å². The number of alkyl halides is 1. The summed E-state index contributed by atoms with van der Waals surface area (Å²) in [6.45, 7) is 2.33. The van der Waals surface area contributed by atoms with Crippen LogP contribution in [0.1, 0.15) is 24.5 Å². The van der Waals surface area contributed by atoms with Gasteiger partial charge >= 0.3 is 0 Å². The van der Waals surface area contributed by atoms with E-state index < -0.39 is 0 Å². The Bertz CT molecular complexity index is 467. The van der Waals surface area contributed by atoms with E-state index in [1.807, 2.05) is 0 Å².